The van der Waals surface area contributed by atoms with Gasteiger partial charge >= 0.3 is 0 Å². The molecule has 5 nitrogen and oxygen atoms in total. The third-order valence-corrected chi connectivity index (χ3v) is 5.91. The van der Waals surface area contributed by atoms with Crippen molar-refractivity contribution in [1.82, 2.24) is 9.80 Å². The number of para-hydroxylation sites is 1. The Morgan fingerprint density at radius 1 is 1.32 bits per heavy atom. The maximum Gasteiger partial charge on any atom is 0.244 e. The van der Waals surface area contributed by atoms with E-state index in [0.717, 1.165) is 24.0 Å². The minimum absolute atomic E-state index is 0.0394. The first kappa shape index (κ1) is 18.1. The molecule has 2 aromatic rings. The number of likely N-dealkylation sites (N-methyl/N-ethyl adjacent to an activating group) is 1. The van der Waals surface area contributed by atoms with Crippen LogP contribution in [-0.4, -0.2) is 48.3 Å². The lowest BCUT2D eigenvalue weighted by molar-refractivity contribution is -0.134. The molecule has 1 aromatic heterocycles. The molecule has 0 aliphatic carbocycles. The lowest BCUT2D eigenvalue weighted by atomic mass is 10.1. The number of benzene rings is 1. The molecule has 3 rings (SSSR count). The molecule has 0 spiro atoms. The van der Waals surface area contributed by atoms with E-state index in [1.54, 1.807) is 18.4 Å². The number of carbonyl (C=O) groups is 2. The van der Waals surface area contributed by atoms with Gasteiger partial charge in [0.25, 0.3) is 0 Å². The summed E-state index contributed by atoms with van der Waals surface area (Å²) in [4.78, 5) is 29.6. The van der Waals surface area contributed by atoms with E-state index < -0.39 is 0 Å². The van der Waals surface area contributed by atoms with Crippen LogP contribution in [0.5, 0.6) is 0 Å². The zero-order valence-electron chi connectivity index (χ0n) is 14.0. The van der Waals surface area contributed by atoms with Gasteiger partial charge in [-0.2, -0.15) is 0 Å². The van der Waals surface area contributed by atoms with Crippen LogP contribution in [-0.2, 0) is 22.6 Å². The van der Waals surface area contributed by atoms with Crippen LogP contribution in [0.2, 0.25) is 0 Å². The van der Waals surface area contributed by atoms with Crippen molar-refractivity contribution in [3.63, 3.8) is 0 Å². The zero-order chi connectivity index (χ0) is 17.8. The van der Waals surface area contributed by atoms with E-state index in [1.165, 1.54) is 15.3 Å². The number of hydrogen-bond acceptors (Lipinski definition) is 4. The summed E-state index contributed by atoms with van der Waals surface area (Å²) in [7, 11) is 1.67. The number of nitrogens with one attached hydrogen (secondary N) is 1. The number of fused-ring (bicyclic) bond motifs is 1. The second-order valence-electron chi connectivity index (χ2n) is 6.11. The summed E-state index contributed by atoms with van der Waals surface area (Å²) in [6.07, 6.45) is 0.993. The van der Waals surface area contributed by atoms with Crippen molar-refractivity contribution in [1.29, 1.82) is 0 Å². The van der Waals surface area contributed by atoms with E-state index >= 15 is 0 Å². The summed E-state index contributed by atoms with van der Waals surface area (Å²) in [6, 6.07) is 9.54. The first-order valence-corrected chi connectivity index (χ1v) is 9.76. The lowest BCUT2D eigenvalue weighted by Crippen LogP contribution is -2.43. The molecule has 1 aliphatic rings. The largest absolute Gasteiger partial charge is 0.335 e. The molecule has 7 heteroatoms. The van der Waals surface area contributed by atoms with Crippen LogP contribution < -0.4 is 5.32 Å². The van der Waals surface area contributed by atoms with Crippen molar-refractivity contribution >= 4 is 44.8 Å². The topological polar surface area (TPSA) is 52.7 Å². The highest BCUT2D eigenvalue weighted by molar-refractivity contribution is 9.10. The molecule has 0 fully saturated rings. The van der Waals surface area contributed by atoms with Crippen molar-refractivity contribution in [2.45, 2.75) is 13.0 Å². The Morgan fingerprint density at radius 2 is 2.12 bits per heavy atom. The van der Waals surface area contributed by atoms with E-state index in [4.69, 9.17) is 0 Å². The molecular formula is C18H20BrN3O2S. The fourth-order valence-corrected chi connectivity index (χ4v) is 4.08. The normalized spacial score (nSPS) is 14.0. The number of amides is 2. The van der Waals surface area contributed by atoms with E-state index in [0.29, 0.717) is 12.2 Å². The predicted octanol–water partition coefficient (Wildman–Crippen LogP) is 2.97. The first-order valence-electron chi connectivity index (χ1n) is 8.09. The molecular weight excluding hydrogens is 402 g/mol. The van der Waals surface area contributed by atoms with Gasteiger partial charge in [0.1, 0.15) is 0 Å². The Labute approximate surface area is 159 Å². The van der Waals surface area contributed by atoms with Crippen molar-refractivity contribution in [2.24, 2.45) is 0 Å². The molecule has 0 radical (unpaired) electrons. The summed E-state index contributed by atoms with van der Waals surface area (Å²) < 4.78 is 0.817. The van der Waals surface area contributed by atoms with Crippen LogP contribution in [0, 0.1) is 0 Å². The fraction of sp³-hybridized carbons (Fsp3) is 0.333. The molecule has 1 aliphatic heterocycles. The summed E-state index contributed by atoms with van der Waals surface area (Å²) in [5.41, 5.74) is 2.02. The SMILES string of the molecule is CN(CC(=O)Nc1ccccc1Br)C(=O)CN1CCc2sccc2C1. The van der Waals surface area contributed by atoms with E-state index in [-0.39, 0.29) is 18.4 Å². The van der Waals surface area contributed by atoms with Gasteiger partial charge in [0.05, 0.1) is 18.8 Å². The summed E-state index contributed by atoms with van der Waals surface area (Å²) in [5, 5.41) is 4.92. The number of hydrogen-bond donors (Lipinski definition) is 1. The predicted molar refractivity (Wildman–Crippen MR) is 104 cm³/mol. The number of halogens is 1. The zero-order valence-corrected chi connectivity index (χ0v) is 16.4. The second-order valence-corrected chi connectivity index (χ2v) is 7.96. The highest BCUT2D eigenvalue weighted by atomic mass is 79.9. The summed E-state index contributed by atoms with van der Waals surface area (Å²) in [5.74, 6) is -0.248. The molecule has 132 valence electrons. The Kier molecular flexibility index (Phi) is 5.88. The van der Waals surface area contributed by atoms with Crippen molar-refractivity contribution in [3.8, 4) is 0 Å². The van der Waals surface area contributed by atoms with Gasteiger partial charge in [-0.15, -0.1) is 11.3 Å². The molecule has 25 heavy (non-hydrogen) atoms. The maximum absolute atomic E-state index is 12.4. The minimum atomic E-state index is -0.207. The van der Waals surface area contributed by atoms with Gasteiger partial charge in [-0.3, -0.25) is 14.5 Å². The van der Waals surface area contributed by atoms with E-state index in [9.17, 15) is 9.59 Å². The third-order valence-electron chi connectivity index (χ3n) is 4.20. The average molecular weight is 422 g/mol. The van der Waals surface area contributed by atoms with Gasteiger partial charge in [-0.1, -0.05) is 12.1 Å². The molecule has 0 saturated carbocycles. The maximum atomic E-state index is 12.4. The quantitative estimate of drug-likeness (QED) is 0.806. The van der Waals surface area contributed by atoms with Gasteiger partial charge < -0.3 is 10.2 Å². The Morgan fingerprint density at radius 3 is 2.92 bits per heavy atom. The highest BCUT2D eigenvalue weighted by Crippen LogP contribution is 2.24. The van der Waals surface area contributed by atoms with Gasteiger partial charge in [0.15, 0.2) is 0 Å². The fourth-order valence-electron chi connectivity index (χ4n) is 2.81. The molecule has 2 amide bonds. The smallest absolute Gasteiger partial charge is 0.244 e. The second kappa shape index (κ2) is 8.12. The first-order chi connectivity index (χ1) is 12.0. The minimum Gasteiger partial charge on any atom is -0.335 e. The number of thiophene rings is 1. The van der Waals surface area contributed by atoms with Crippen molar-refractivity contribution in [3.05, 3.63) is 50.6 Å². The molecule has 0 atom stereocenters. The van der Waals surface area contributed by atoms with Crippen LogP contribution in [0.1, 0.15) is 10.4 Å². The van der Waals surface area contributed by atoms with Gasteiger partial charge in [-0.05, 0) is 51.5 Å². The van der Waals surface area contributed by atoms with Crippen LogP contribution in [0.3, 0.4) is 0 Å². The lowest BCUT2D eigenvalue weighted by Gasteiger charge is -2.28. The third kappa shape index (κ3) is 4.68. The Hall–Kier alpha value is -1.70. The van der Waals surface area contributed by atoms with Gasteiger partial charge in [0.2, 0.25) is 11.8 Å². The van der Waals surface area contributed by atoms with Crippen LogP contribution >= 0.6 is 27.3 Å². The Bertz CT molecular complexity index is 777. The van der Waals surface area contributed by atoms with Crippen LogP contribution in [0.4, 0.5) is 5.69 Å². The summed E-state index contributed by atoms with van der Waals surface area (Å²) >= 11 is 5.18. The summed E-state index contributed by atoms with van der Waals surface area (Å²) in [6.45, 7) is 2.07. The Balaban J connectivity index is 1.49. The van der Waals surface area contributed by atoms with Crippen molar-refractivity contribution < 1.29 is 9.59 Å². The number of rotatable bonds is 5. The van der Waals surface area contributed by atoms with Crippen LogP contribution in [0.25, 0.3) is 0 Å². The number of anilines is 1. The molecule has 0 bridgehead atoms. The van der Waals surface area contributed by atoms with Gasteiger partial charge in [0, 0.05) is 29.5 Å². The van der Waals surface area contributed by atoms with E-state index in [1.807, 2.05) is 24.3 Å². The number of nitrogens with zero attached hydrogens (tertiary/aromatic N) is 2. The molecule has 2 heterocycles. The monoisotopic (exact) mass is 421 g/mol. The van der Waals surface area contributed by atoms with Crippen molar-refractivity contribution in [2.75, 3.05) is 32.0 Å². The average Bonchev–Trinajstić information content (AvgIpc) is 3.04. The molecule has 1 aromatic carbocycles. The van der Waals surface area contributed by atoms with Gasteiger partial charge in [-0.25, -0.2) is 0 Å². The molecule has 0 saturated heterocycles. The van der Waals surface area contributed by atoms with Crippen LogP contribution in [0.15, 0.2) is 40.2 Å². The molecule has 0 unspecified atom stereocenters. The van der Waals surface area contributed by atoms with E-state index in [2.05, 4.69) is 37.6 Å². The number of carbonyl (C=O) groups excluding carboxylic acids is 2. The molecule has 1 N–H and O–H groups in total. The highest BCUT2D eigenvalue weighted by Gasteiger charge is 2.21. The standard InChI is InChI=1S/C18H20BrN3O2S/c1-21(11-17(23)20-15-5-3-2-4-14(15)19)18(24)12-22-8-6-16-13(10-22)7-9-25-16/h2-5,7,9H,6,8,10-12H2,1H3,(H,20,23).